The molecule has 0 saturated heterocycles. The number of halogens is 2. The molecule has 1 aromatic heterocycles. The average Bonchev–Trinajstić information content (AvgIpc) is 3.02. The Labute approximate surface area is 200 Å². The van der Waals surface area contributed by atoms with Crippen molar-refractivity contribution in [3.05, 3.63) is 52.6 Å². The number of aromatic nitrogens is 1. The topological polar surface area (TPSA) is 56.8 Å². The summed E-state index contributed by atoms with van der Waals surface area (Å²) in [6.45, 7) is 14.0. The van der Waals surface area contributed by atoms with Gasteiger partial charge in [0.15, 0.2) is 0 Å². The van der Waals surface area contributed by atoms with Gasteiger partial charge in [-0.25, -0.2) is 9.37 Å². The molecule has 0 fully saturated rings. The van der Waals surface area contributed by atoms with E-state index in [0.29, 0.717) is 37.6 Å². The molecule has 3 rings (SSSR count). The maximum Gasteiger partial charge on any atom is 0.272 e. The van der Waals surface area contributed by atoms with Crippen molar-refractivity contribution in [1.82, 2.24) is 14.8 Å². The predicted molar refractivity (Wildman–Crippen MR) is 130 cm³/mol. The van der Waals surface area contributed by atoms with Crippen molar-refractivity contribution in [2.75, 3.05) is 31.1 Å². The second-order valence-electron chi connectivity index (χ2n) is 9.99. The smallest absolute Gasteiger partial charge is 0.272 e. The van der Waals surface area contributed by atoms with Crippen LogP contribution in [0.2, 0.25) is 5.02 Å². The molecule has 6 nitrogen and oxygen atoms in total. The summed E-state index contributed by atoms with van der Waals surface area (Å²) in [5.74, 6) is -0.656. The number of benzene rings is 1. The molecule has 2 aromatic rings. The zero-order valence-electron chi connectivity index (χ0n) is 20.2. The molecule has 1 aromatic carbocycles. The number of nitrogens with zero attached hydrogens (tertiary/aromatic N) is 4. The molecule has 0 N–H and O–H groups in total. The van der Waals surface area contributed by atoms with Gasteiger partial charge in [-0.3, -0.25) is 9.59 Å². The quantitative estimate of drug-likeness (QED) is 0.528. The monoisotopic (exact) mass is 474 g/mol. The molecule has 1 aliphatic rings. The minimum Gasteiger partial charge on any atom is -0.344 e. The molecule has 0 unspecified atom stereocenters. The van der Waals surface area contributed by atoms with Gasteiger partial charge in [0.05, 0.1) is 16.4 Å². The molecule has 0 radical (unpaired) electrons. The molecule has 2 amide bonds. The SMILES string of the molecule is CCN(C=O)CCN(C(=O)c1ccc2c(n1)C(C)(C)CN2c1ccc(Cl)c(F)c1)C(C)(C)C. The van der Waals surface area contributed by atoms with Crippen molar-refractivity contribution in [1.29, 1.82) is 0 Å². The third-order valence-electron chi connectivity index (χ3n) is 6.01. The molecule has 0 saturated carbocycles. The lowest BCUT2D eigenvalue weighted by Gasteiger charge is -2.36. The zero-order chi connectivity index (χ0) is 24.6. The molecule has 33 heavy (non-hydrogen) atoms. The minimum absolute atomic E-state index is 0.0787. The van der Waals surface area contributed by atoms with Gasteiger partial charge >= 0.3 is 0 Å². The van der Waals surface area contributed by atoms with Crippen LogP contribution in [0, 0.1) is 5.82 Å². The van der Waals surface area contributed by atoms with Crippen LogP contribution < -0.4 is 4.90 Å². The van der Waals surface area contributed by atoms with Crippen molar-refractivity contribution < 1.29 is 14.0 Å². The van der Waals surface area contributed by atoms with Gasteiger partial charge in [0.25, 0.3) is 5.91 Å². The van der Waals surface area contributed by atoms with Crippen molar-refractivity contribution in [3.8, 4) is 0 Å². The van der Waals surface area contributed by atoms with Crippen LogP contribution in [0.1, 0.15) is 57.7 Å². The second kappa shape index (κ2) is 9.29. The van der Waals surface area contributed by atoms with E-state index >= 15 is 0 Å². The van der Waals surface area contributed by atoms with Crippen molar-refractivity contribution in [2.24, 2.45) is 0 Å². The first-order chi connectivity index (χ1) is 15.4. The van der Waals surface area contributed by atoms with Crippen molar-refractivity contribution >= 4 is 35.3 Å². The van der Waals surface area contributed by atoms with Crippen LogP contribution in [0.3, 0.4) is 0 Å². The summed E-state index contributed by atoms with van der Waals surface area (Å²) in [5.41, 5.74) is 1.90. The largest absolute Gasteiger partial charge is 0.344 e. The van der Waals surface area contributed by atoms with Crippen molar-refractivity contribution in [2.45, 2.75) is 52.5 Å². The standard InChI is InChI=1S/C25H32ClFN4O2/c1-7-29(16-32)12-13-31(24(2,3)4)23(33)20-10-11-21-22(28-20)25(5,6)15-30(21)17-8-9-18(26)19(27)14-17/h8-11,14,16H,7,12-13,15H2,1-6H3. The average molecular weight is 475 g/mol. The Morgan fingerprint density at radius 1 is 1.24 bits per heavy atom. The third kappa shape index (κ3) is 5.13. The number of amides is 2. The normalized spacial score (nSPS) is 14.7. The molecule has 0 aliphatic carbocycles. The Bertz CT molecular complexity index is 1050. The fourth-order valence-electron chi connectivity index (χ4n) is 4.12. The zero-order valence-corrected chi connectivity index (χ0v) is 20.9. The highest BCUT2D eigenvalue weighted by molar-refractivity contribution is 6.30. The van der Waals surface area contributed by atoms with E-state index in [0.717, 1.165) is 17.8 Å². The molecule has 0 bridgehead atoms. The fourth-order valence-corrected chi connectivity index (χ4v) is 4.24. The number of carbonyl (C=O) groups is 2. The molecule has 1 aliphatic heterocycles. The van der Waals surface area contributed by atoms with Gasteiger partial charge in [-0.2, -0.15) is 0 Å². The Hall–Kier alpha value is -2.67. The summed E-state index contributed by atoms with van der Waals surface area (Å²) < 4.78 is 14.1. The van der Waals surface area contributed by atoms with E-state index in [1.807, 2.05) is 38.7 Å². The van der Waals surface area contributed by atoms with E-state index in [9.17, 15) is 14.0 Å². The van der Waals surface area contributed by atoms with Crippen LogP contribution in [0.25, 0.3) is 0 Å². The van der Waals surface area contributed by atoms with E-state index in [-0.39, 0.29) is 16.3 Å². The Balaban J connectivity index is 1.95. The number of pyridine rings is 1. The van der Waals surface area contributed by atoms with Gasteiger partial charge in [-0.1, -0.05) is 25.4 Å². The van der Waals surface area contributed by atoms with Gasteiger partial charge in [-0.15, -0.1) is 0 Å². The van der Waals surface area contributed by atoms with Crippen LogP contribution in [0.4, 0.5) is 15.8 Å². The van der Waals surface area contributed by atoms with Crippen molar-refractivity contribution in [3.63, 3.8) is 0 Å². The fraction of sp³-hybridized carbons (Fsp3) is 0.480. The van der Waals surface area contributed by atoms with Gasteiger partial charge in [-0.05, 0) is 58.0 Å². The molecular formula is C25H32ClFN4O2. The number of fused-ring (bicyclic) bond motifs is 1. The molecule has 8 heteroatoms. The van der Waals surface area contributed by atoms with Crippen LogP contribution in [-0.2, 0) is 10.2 Å². The lowest BCUT2D eigenvalue weighted by atomic mass is 9.91. The number of hydrogen-bond acceptors (Lipinski definition) is 4. The number of likely N-dealkylation sites (N-methyl/N-ethyl adjacent to an activating group) is 1. The summed E-state index contributed by atoms with van der Waals surface area (Å²) in [4.78, 5) is 34.9. The van der Waals surface area contributed by atoms with Gasteiger partial charge < -0.3 is 14.7 Å². The summed E-state index contributed by atoms with van der Waals surface area (Å²) >= 11 is 5.86. The summed E-state index contributed by atoms with van der Waals surface area (Å²) in [7, 11) is 0. The number of hydrogen-bond donors (Lipinski definition) is 0. The second-order valence-corrected chi connectivity index (χ2v) is 10.4. The molecule has 0 spiro atoms. The van der Waals surface area contributed by atoms with E-state index in [1.54, 1.807) is 28.0 Å². The van der Waals surface area contributed by atoms with Gasteiger partial charge in [0.2, 0.25) is 6.41 Å². The van der Waals surface area contributed by atoms with E-state index in [4.69, 9.17) is 16.6 Å². The van der Waals surface area contributed by atoms with Gasteiger partial charge in [0, 0.05) is 42.8 Å². The highest BCUT2D eigenvalue weighted by Crippen LogP contribution is 2.43. The van der Waals surface area contributed by atoms with Gasteiger partial charge in [0.1, 0.15) is 11.5 Å². The lowest BCUT2D eigenvalue weighted by Crippen LogP contribution is -2.49. The predicted octanol–water partition coefficient (Wildman–Crippen LogP) is 5.02. The Kier molecular flexibility index (Phi) is 7.03. The van der Waals surface area contributed by atoms with Crippen LogP contribution in [-0.4, -0.2) is 58.8 Å². The van der Waals surface area contributed by atoms with Crippen LogP contribution in [0.5, 0.6) is 0 Å². The Morgan fingerprint density at radius 3 is 2.52 bits per heavy atom. The molecule has 178 valence electrons. The molecule has 2 heterocycles. The first kappa shape index (κ1) is 25.0. The van der Waals surface area contributed by atoms with E-state index in [2.05, 4.69) is 13.8 Å². The summed E-state index contributed by atoms with van der Waals surface area (Å²) in [6, 6.07) is 8.34. The summed E-state index contributed by atoms with van der Waals surface area (Å²) in [6.07, 6.45) is 0.801. The maximum atomic E-state index is 14.1. The number of carbonyl (C=O) groups excluding carboxylic acids is 2. The van der Waals surface area contributed by atoms with E-state index in [1.165, 1.54) is 6.07 Å². The number of anilines is 2. The minimum atomic E-state index is -0.475. The van der Waals surface area contributed by atoms with Crippen LogP contribution in [0.15, 0.2) is 30.3 Å². The molecule has 0 atom stereocenters. The van der Waals surface area contributed by atoms with E-state index < -0.39 is 11.4 Å². The highest BCUT2D eigenvalue weighted by atomic mass is 35.5. The first-order valence-corrected chi connectivity index (χ1v) is 11.5. The number of rotatable bonds is 7. The third-order valence-corrected chi connectivity index (χ3v) is 6.32. The first-order valence-electron chi connectivity index (χ1n) is 11.1. The van der Waals surface area contributed by atoms with Crippen LogP contribution >= 0.6 is 11.6 Å². The summed E-state index contributed by atoms with van der Waals surface area (Å²) in [5, 5.41) is 0.0787. The highest BCUT2D eigenvalue weighted by Gasteiger charge is 2.39. The molecular weight excluding hydrogens is 443 g/mol. The maximum absolute atomic E-state index is 14.1. The lowest BCUT2D eigenvalue weighted by molar-refractivity contribution is -0.118. The Morgan fingerprint density at radius 2 is 1.94 bits per heavy atom.